The predicted octanol–water partition coefficient (Wildman–Crippen LogP) is 1.42. The molecule has 1 aliphatic carbocycles. The van der Waals surface area contributed by atoms with Crippen LogP contribution >= 0.6 is 0 Å². The van der Waals surface area contributed by atoms with Crippen LogP contribution in [0.4, 0.5) is 0 Å². The largest absolute Gasteiger partial charge is 1.00 e. The zero-order chi connectivity index (χ0) is 21.7. The Morgan fingerprint density at radius 3 is 1.84 bits per heavy atom. The third kappa shape index (κ3) is 8.53. The van der Waals surface area contributed by atoms with E-state index in [-0.39, 0.29) is 35.6 Å². The molecule has 0 nitrogen and oxygen atoms in total. The van der Waals surface area contributed by atoms with Gasteiger partial charge in [-0.25, -0.2) is 12.1 Å². The zero-order valence-corrected chi connectivity index (χ0v) is 23.8. The van der Waals surface area contributed by atoms with Crippen molar-refractivity contribution in [3.05, 3.63) is 89.0 Å². The van der Waals surface area contributed by atoms with Crippen LogP contribution in [0.1, 0.15) is 70.7 Å². The molecule has 0 amide bonds. The van der Waals surface area contributed by atoms with Gasteiger partial charge in [-0.1, -0.05) is 76.3 Å². The van der Waals surface area contributed by atoms with Crippen LogP contribution in [0.2, 0.25) is 0 Å². The molecule has 0 atom stereocenters. The molecule has 3 aromatic rings. The van der Waals surface area contributed by atoms with Gasteiger partial charge in [-0.05, 0) is 17.4 Å². The first-order valence-electron chi connectivity index (χ1n) is 10.4. The second-order valence-corrected chi connectivity index (χ2v) is 11.0. The van der Waals surface area contributed by atoms with Crippen molar-refractivity contribution in [1.29, 1.82) is 0 Å². The van der Waals surface area contributed by atoms with Crippen molar-refractivity contribution in [3.63, 3.8) is 0 Å². The molecule has 0 radical (unpaired) electrons. The Balaban J connectivity index is 0.000000769. The molecule has 0 spiro atoms. The minimum Gasteiger partial charge on any atom is -1.00 e. The summed E-state index contributed by atoms with van der Waals surface area (Å²) in [5.74, 6) is 0. The summed E-state index contributed by atoms with van der Waals surface area (Å²) in [5.41, 5.74) is 8.76. The van der Waals surface area contributed by atoms with Crippen LogP contribution in [-0.4, -0.2) is 3.71 Å². The number of benzene rings is 2. The van der Waals surface area contributed by atoms with E-state index in [1.165, 1.54) is 57.6 Å². The zero-order valence-electron chi connectivity index (χ0n) is 19.8. The van der Waals surface area contributed by atoms with Crippen LogP contribution in [0.3, 0.4) is 0 Å². The molecule has 1 aliphatic rings. The Kier molecular flexibility index (Phi) is 12.6. The molecule has 0 fully saturated rings. The number of halogens is 2. The van der Waals surface area contributed by atoms with Gasteiger partial charge in [0.2, 0.25) is 0 Å². The molecular weight excluding hydrogens is 498 g/mol. The average molecular weight is 533 g/mol. The standard InChI is InChI=1S/C21H25.C5H5.C2H4.2ClH.Zr/c1-20(2,3)16-9-7-14-11-15-8-10-17(21(4,5)6)13-19(15)18(14)12-16;1-2-4-5-3-1;1-2;;;/h7,9-10,12-13H,11H2,1-6H3;1-5H;1H,2H3;2*1H;/q2*-1;;;;+2/p-2. The fourth-order valence-electron chi connectivity index (χ4n) is 3.31. The number of hydrogen-bond donors (Lipinski definition) is 0. The molecule has 0 saturated carbocycles. The maximum absolute atomic E-state index is 3.53. The van der Waals surface area contributed by atoms with Crippen molar-refractivity contribution in [2.45, 2.75) is 65.7 Å². The molecule has 0 aromatic heterocycles. The van der Waals surface area contributed by atoms with Gasteiger partial charge in [-0.15, -0.1) is 5.56 Å². The van der Waals surface area contributed by atoms with Gasteiger partial charge in [0.05, 0.1) is 0 Å². The van der Waals surface area contributed by atoms with Crippen LogP contribution in [-0.2, 0) is 41.5 Å². The first-order chi connectivity index (χ1) is 13.6. The molecule has 166 valence electrons. The SMILES string of the molecule is CC(C)(C)c1c[c-]c2c(c1)-c1cc(C(C)(C)C)ccc1C2.C[CH]=[Zr+2].[Cl-].[Cl-].c1cc[cH-]c1. The summed E-state index contributed by atoms with van der Waals surface area (Å²) in [7, 11) is 0. The molecular formula is C28H34Cl2Zr-2. The maximum atomic E-state index is 3.53. The minimum atomic E-state index is 0. The molecule has 31 heavy (non-hydrogen) atoms. The summed E-state index contributed by atoms with van der Waals surface area (Å²) in [6, 6.07) is 25.1. The van der Waals surface area contributed by atoms with E-state index in [1.807, 2.05) is 37.3 Å². The van der Waals surface area contributed by atoms with Gasteiger partial charge in [-0.2, -0.15) is 47.5 Å². The van der Waals surface area contributed by atoms with Crippen LogP contribution < -0.4 is 24.8 Å². The first kappa shape index (κ1) is 30.1. The van der Waals surface area contributed by atoms with Crippen LogP contribution in [0.5, 0.6) is 0 Å². The molecule has 0 unspecified atom stereocenters. The van der Waals surface area contributed by atoms with Crippen molar-refractivity contribution in [1.82, 2.24) is 0 Å². The summed E-state index contributed by atoms with van der Waals surface area (Å²) in [6.45, 7) is 15.7. The predicted molar refractivity (Wildman–Crippen MR) is 125 cm³/mol. The van der Waals surface area contributed by atoms with Gasteiger partial charge < -0.3 is 24.8 Å². The molecule has 3 heteroatoms. The summed E-state index contributed by atoms with van der Waals surface area (Å²) in [4.78, 5) is 0. The summed E-state index contributed by atoms with van der Waals surface area (Å²) < 4.78 is 2.09. The second kappa shape index (κ2) is 13.0. The quantitative estimate of drug-likeness (QED) is 0.301. The molecule has 0 aliphatic heterocycles. The second-order valence-electron chi connectivity index (χ2n) is 9.58. The molecule has 0 N–H and O–H groups in total. The molecule has 4 rings (SSSR count). The van der Waals surface area contributed by atoms with Crippen molar-refractivity contribution in [2.24, 2.45) is 0 Å². The Morgan fingerprint density at radius 1 is 0.871 bits per heavy atom. The van der Waals surface area contributed by atoms with Crippen LogP contribution in [0, 0.1) is 6.07 Å². The molecule has 0 heterocycles. The minimum absolute atomic E-state index is 0. The number of rotatable bonds is 0. The topological polar surface area (TPSA) is 0 Å². The third-order valence-corrected chi connectivity index (χ3v) is 5.08. The number of fused-ring (bicyclic) bond motifs is 3. The van der Waals surface area contributed by atoms with Crippen molar-refractivity contribution in [2.75, 3.05) is 0 Å². The van der Waals surface area contributed by atoms with E-state index in [9.17, 15) is 0 Å². The summed E-state index contributed by atoms with van der Waals surface area (Å²) in [6.07, 6.45) is 1.03. The Bertz CT molecular complexity index is 848. The average Bonchev–Trinajstić information content (AvgIpc) is 3.31. The summed E-state index contributed by atoms with van der Waals surface area (Å²) >= 11 is 1.51. The van der Waals surface area contributed by atoms with Gasteiger partial charge >= 0.3 is 34.9 Å². The molecule has 3 aromatic carbocycles. The van der Waals surface area contributed by atoms with E-state index >= 15 is 0 Å². The van der Waals surface area contributed by atoms with Crippen LogP contribution in [0.15, 0.2) is 60.7 Å². The Morgan fingerprint density at radius 2 is 1.39 bits per heavy atom. The molecule has 0 bridgehead atoms. The van der Waals surface area contributed by atoms with E-state index in [2.05, 4.69) is 81.6 Å². The van der Waals surface area contributed by atoms with E-state index in [4.69, 9.17) is 0 Å². The fraction of sp³-hybridized carbons (Fsp3) is 0.357. The van der Waals surface area contributed by atoms with Gasteiger partial charge in [-0.3, -0.25) is 0 Å². The summed E-state index contributed by atoms with van der Waals surface area (Å²) in [5, 5.41) is 0. The van der Waals surface area contributed by atoms with E-state index in [0.717, 1.165) is 6.42 Å². The van der Waals surface area contributed by atoms with Crippen molar-refractivity contribution < 1.29 is 49.0 Å². The van der Waals surface area contributed by atoms with Crippen molar-refractivity contribution in [3.8, 4) is 11.1 Å². The first-order valence-corrected chi connectivity index (χ1v) is 11.8. The molecule has 0 saturated heterocycles. The monoisotopic (exact) mass is 530 g/mol. The van der Waals surface area contributed by atoms with Gasteiger partial charge in [0.15, 0.2) is 0 Å². The maximum Gasteiger partial charge on any atom is -0.172 e. The van der Waals surface area contributed by atoms with Gasteiger partial charge in [0, 0.05) is 0 Å². The van der Waals surface area contributed by atoms with Crippen molar-refractivity contribution >= 4 is 3.71 Å². The fourth-order valence-corrected chi connectivity index (χ4v) is 3.31. The third-order valence-electron chi connectivity index (χ3n) is 5.08. The van der Waals surface area contributed by atoms with Gasteiger partial charge in [0.1, 0.15) is 0 Å². The number of hydrogen-bond acceptors (Lipinski definition) is 0. The Labute approximate surface area is 217 Å². The normalized spacial score (nSPS) is 11.3. The Hall–Kier alpha value is -0.877. The van der Waals surface area contributed by atoms with E-state index in [0.29, 0.717) is 0 Å². The van der Waals surface area contributed by atoms with E-state index in [1.54, 1.807) is 0 Å². The van der Waals surface area contributed by atoms with E-state index < -0.39 is 0 Å². The van der Waals surface area contributed by atoms with Crippen LogP contribution in [0.25, 0.3) is 11.1 Å². The van der Waals surface area contributed by atoms with Gasteiger partial charge in [0.25, 0.3) is 0 Å². The smallest absolute Gasteiger partial charge is 0.172 e.